The number of piperidine rings is 1. The summed E-state index contributed by atoms with van der Waals surface area (Å²) < 4.78 is 0. The van der Waals surface area contributed by atoms with Crippen molar-refractivity contribution in [1.82, 2.24) is 4.90 Å². The van der Waals surface area contributed by atoms with Gasteiger partial charge in [-0.15, -0.1) is 0 Å². The van der Waals surface area contributed by atoms with Gasteiger partial charge < -0.3 is 10.0 Å². The normalized spacial score (nSPS) is 20.1. The Labute approximate surface area is 107 Å². The Hall–Kier alpha value is -0.0677. The first kappa shape index (κ1) is 17.3. The molecule has 1 aliphatic rings. The summed E-state index contributed by atoms with van der Waals surface area (Å²) in [6, 6.07) is 0.247. The maximum Gasteiger partial charge on any atom is 0.407 e. The van der Waals surface area contributed by atoms with Crippen LogP contribution >= 0.6 is 0 Å². The molecule has 0 aromatic carbocycles. The van der Waals surface area contributed by atoms with Crippen molar-refractivity contribution < 1.29 is 30.3 Å². The zero-order valence-corrected chi connectivity index (χ0v) is 12.9. The zero-order valence-electron chi connectivity index (χ0n) is 10.2. The summed E-state index contributed by atoms with van der Waals surface area (Å²) in [7, 11) is 0. The van der Waals surface area contributed by atoms with Gasteiger partial charge in [0.25, 0.3) is 0 Å². The minimum absolute atomic E-state index is 0. The molecule has 0 saturated carbocycles. The molecular weight excluding hydrogens is 364 g/mol. The molecule has 1 atom stereocenters. The second-order valence-electron chi connectivity index (χ2n) is 3.78. The molecule has 0 aromatic rings. The third-order valence-electron chi connectivity index (χ3n) is 2.56. The smallest absolute Gasteiger partial charge is 0.407 e. The first-order valence-corrected chi connectivity index (χ1v) is 5.62. The van der Waals surface area contributed by atoms with Crippen LogP contribution in [0.3, 0.4) is 0 Å². The van der Waals surface area contributed by atoms with Crippen molar-refractivity contribution in [3.8, 4) is 0 Å². The predicted octanol–water partition coefficient (Wildman–Crippen LogP) is 3.20. The number of rotatable bonds is 1. The summed E-state index contributed by atoms with van der Waals surface area (Å²) in [4.78, 5) is 12.4. The van der Waals surface area contributed by atoms with Crippen LogP contribution in [0.5, 0.6) is 0 Å². The van der Waals surface area contributed by atoms with E-state index < -0.39 is 6.09 Å². The van der Waals surface area contributed by atoms with Gasteiger partial charge in [-0.3, -0.25) is 0 Å². The van der Waals surface area contributed by atoms with Crippen LogP contribution in [-0.2, 0) is 20.4 Å². The molecule has 1 fully saturated rings. The average Bonchev–Trinajstić information content (AvgIpc) is 2.20. The van der Waals surface area contributed by atoms with Crippen molar-refractivity contribution in [3.63, 3.8) is 0 Å². The van der Waals surface area contributed by atoms with E-state index in [0.29, 0.717) is 5.92 Å². The van der Waals surface area contributed by atoms with Gasteiger partial charge in [-0.2, -0.15) is 0 Å². The summed E-state index contributed by atoms with van der Waals surface area (Å²) in [6.45, 7) is 8.90. The van der Waals surface area contributed by atoms with Gasteiger partial charge in [0.15, 0.2) is 0 Å². The zero-order chi connectivity index (χ0) is 11.1. The molecule has 0 spiro atoms. The molecule has 3 nitrogen and oxygen atoms in total. The molecule has 1 radical (unpaired) electrons. The van der Waals surface area contributed by atoms with E-state index in [2.05, 4.69) is 13.8 Å². The van der Waals surface area contributed by atoms with Gasteiger partial charge in [-0.1, -0.05) is 27.7 Å². The number of hydrogen-bond donors (Lipinski definition) is 1. The number of nitrogens with zero attached hydrogens (tertiary/aromatic N) is 1. The summed E-state index contributed by atoms with van der Waals surface area (Å²) in [5.74, 6) is 0.446. The van der Waals surface area contributed by atoms with Crippen molar-refractivity contribution in [3.05, 3.63) is 0 Å². The van der Waals surface area contributed by atoms with Crippen molar-refractivity contribution >= 4 is 6.09 Å². The Morgan fingerprint density at radius 1 is 1.33 bits per heavy atom. The van der Waals surface area contributed by atoms with Crippen molar-refractivity contribution in [2.75, 3.05) is 6.54 Å². The van der Waals surface area contributed by atoms with Gasteiger partial charge in [0.05, 0.1) is 0 Å². The average molecular weight is 388 g/mol. The molecule has 1 heterocycles. The van der Waals surface area contributed by atoms with Crippen LogP contribution in [0.25, 0.3) is 0 Å². The number of carbonyl (C=O) groups is 1. The molecule has 1 saturated heterocycles. The molecule has 1 aliphatic heterocycles. The number of amides is 1. The second-order valence-corrected chi connectivity index (χ2v) is 3.78. The number of hydrogen-bond acceptors (Lipinski definition) is 1. The molecule has 0 bridgehead atoms. The van der Waals surface area contributed by atoms with E-state index in [-0.39, 0.29) is 26.5 Å². The van der Waals surface area contributed by atoms with Gasteiger partial charge in [0.1, 0.15) is 0 Å². The van der Waals surface area contributed by atoms with E-state index in [1.54, 1.807) is 4.90 Å². The fourth-order valence-corrected chi connectivity index (χ4v) is 1.89. The Balaban J connectivity index is 0. The quantitative estimate of drug-likeness (QED) is 0.751. The number of carboxylic acid groups (broad SMARTS) is 1. The molecule has 1 amide bonds. The van der Waals surface area contributed by atoms with Gasteiger partial charge in [0, 0.05) is 33.0 Å². The van der Waals surface area contributed by atoms with Gasteiger partial charge in [0.2, 0.25) is 0 Å². The molecule has 15 heavy (non-hydrogen) atoms. The fourth-order valence-electron chi connectivity index (χ4n) is 1.89. The van der Waals surface area contributed by atoms with Gasteiger partial charge in [-0.05, 0) is 25.2 Å². The van der Waals surface area contributed by atoms with Crippen molar-refractivity contribution in [2.24, 2.45) is 5.92 Å². The van der Waals surface area contributed by atoms with E-state index in [0.717, 1.165) is 19.4 Å². The summed E-state index contributed by atoms with van der Waals surface area (Å²) >= 11 is 0. The Bertz CT molecular complexity index is 174. The minimum Gasteiger partial charge on any atom is -0.465 e. The third kappa shape index (κ3) is 5.53. The largest absolute Gasteiger partial charge is 0.465 e. The molecular formula is C11H23NO2Re. The fraction of sp³-hybridized carbons (Fsp3) is 0.909. The van der Waals surface area contributed by atoms with Crippen LogP contribution < -0.4 is 0 Å². The molecule has 0 aromatic heterocycles. The van der Waals surface area contributed by atoms with Crippen LogP contribution in [0, 0.1) is 5.92 Å². The first-order chi connectivity index (χ1) is 6.63. The van der Waals surface area contributed by atoms with Crippen molar-refractivity contribution in [2.45, 2.75) is 53.0 Å². The van der Waals surface area contributed by atoms with Crippen LogP contribution in [0.2, 0.25) is 0 Å². The van der Waals surface area contributed by atoms with Gasteiger partial charge >= 0.3 is 6.09 Å². The van der Waals surface area contributed by atoms with E-state index in [9.17, 15) is 4.79 Å². The molecule has 1 unspecified atom stereocenters. The predicted molar refractivity (Wildman–Crippen MR) is 58.6 cm³/mol. The maximum atomic E-state index is 10.8. The Kier molecular flexibility index (Phi) is 10.6. The third-order valence-corrected chi connectivity index (χ3v) is 2.56. The Morgan fingerprint density at radius 2 is 1.87 bits per heavy atom. The van der Waals surface area contributed by atoms with E-state index in [1.807, 2.05) is 13.8 Å². The molecule has 4 heteroatoms. The van der Waals surface area contributed by atoms with Crippen LogP contribution in [0.4, 0.5) is 4.79 Å². The SMILES string of the molecule is CC.CC(C)C1CCCCN1C(=O)O.[Re]. The topological polar surface area (TPSA) is 40.5 Å². The summed E-state index contributed by atoms with van der Waals surface area (Å²) in [6.07, 6.45) is 2.47. The maximum absolute atomic E-state index is 10.8. The summed E-state index contributed by atoms with van der Waals surface area (Å²) in [5.41, 5.74) is 0. The monoisotopic (exact) mass is 388 g/mol. The Morgan fingerprint density at radius 3 is 2.20 bits per heavy atom. The molecule has 1 rings (SSSR count). The molecule has 0 aliphatic carbocycles. The molecule has 91 valence electrons. The van der Waals surface area contributed by atoms with E-state index in [4.69, 9.17) is 5.11 Å². The van der Waals surface area contributed by atoms with Crippen LogP contribution in [0.1, 0.15) is 47.0 Å². The van der Waals surface area contributed by atoms with E-state index in [1.165, 1.54) is 6.42 Å². The first-order valence-electron chi connectivity index (χ1n) is 5.62. The van der Waals surface area contributed by atoms with Crippen molar-refractivity contribution in [1.29, 1.82) is 0 Å². The van der Waals surface area contributed by atoms with Crippen LogP contribution in [-0.4, -0.2) is 28.7 Å². The van der Waals surface area contributed by atoms with Gasteiger partial charge in [-0.25, -0.2) is 4.79 Å². The van der Waals surface area contributed by atoms with Crippen LogP contribution in [0.15, 0.2) is 0 Å². The number of likely N-dealkylation sites (tertiary alicyclic amines) is 1. The second kappa shape index (κ2) is 9.18. The molecule has 1 N–H and O–H groups in total. The standard InChI is InChI=1S/C9H17NO2.C2H6.Re/c1-7(2)8-5-3-4-6-10(8)9(11)12;1-2;/h7-8H,3-6H2,1-2H3,(H,11,12);1-2H3;. The van der Waals surface area contributed by atoms with E-state index >= 15 is 0 Å². The summed E-state index contributed by atoms with van der Waals surface area (Å²) in [5, 5.41) is 8.88. The minimum atomic E-state index is -0.756.